The lowest BCUT2D eigenvalue weighted by atomic mass is 9.94. The van der Waals surface area contributed by atoms with Gasteiger partial charge in [-0.1, -0.05) is 49.1 Å². The van der Waals surface area contributed by atoms with Gasteiger partial charge >= 0.3 is 6.09 Å². The predicted molar refractivity (Wildman–Crippen MR) is 131 cm³/mol. The summed E-state index contributed by atoms with van der Waals surface area (Å²) < 4.78 is 5.26. The fourth-order valence-electron chi connectivity index (χ4n) is 4.21. The van der Waals surface area contributed by atoms with Gasteiger partial charge < -0.3 is 25.4 Å². The molecule has 0 saturated heterocycles. The number of carbonyl (C=O) groups is 3. The van der Waals surface area contributed by atoms with Crippen LogP contribution in [0.5, 0.6) is 0 Å². The fraction of sp³-hybridized carbons (Fsp3) is 0.654. The van der Waals surface area contributed by atoms with E-state index in [-0.39, 0.29) is 18.0 Å². The van der Waals surface area contributed by atoms with E-state index in [1.165, 1.54) is 11.3 Å². The molecule has 0 heterocycles. The lowest BCUT2D eigenvalue weighted by Gasteiger charge is -2.37. The number of benzene rings is 1. The topological polar surface area (TPSA) is 108 Å². The van der Waals surface area contributed by atoms with Crippen LogP contribution in [0, 0.1) is 6.92 Å². The summed E-state index contributed by atoms with van der Waals surface area (Å²) in [6, 6.07) is 5.06. The second-order valence-electron chi connectivity index (χ2n) is 10.4. The highest BCUT2D eigenvalue weighted by Gasteiger charge is 2.38. The molecule has 3 amide bonds. The lowest BCUT2D eigenvalue weighted by molar-refractivity contribution is -0.145. The Hall–Kier alpha value is -2.61. The Kier molecular flexibility index (Phi) is 9.91. The highest BCUT2D eigenvalue weighted by molar-refractivity contribution is 5.92. The first-order valence-corrected chi connectivity index (χ1v) is 12.2. The average Bonchev–Trinajstić information content (AvgIpc) is 2.75. The molecule has 8 nitrogen and oxygen atoms in total. The fourth-order valence-corrected chi connectivity index (χ4v) is 4.21. The zero-order valence-electron chi connectivity index (χ0n) is 21.4. The van der Waals surface area contributed by atoms with Gasteiger partial charge in [0.2, 0.25) is 11.8 Å². The Morgan fingerprint density at radius 2 is 1.68 bits per heavy atom. The minimum atomic E-state index is -1.24. The molecule has 1 aromatic carbocycles. The summed E-state index contributed by atoms with van der Waals surface area (Å²) in [4.78, 5) is 40.9. The Labute approximate surface area is 203 Å². The van der Waals surface area contributed by atoms with Crippen molar-refractivity contribution in [1.82, 2.24) is 15.5 Å². The largest absolute Gasteiger partial charge is 0.444 e. The Morgan fingerprint density at radius 1 is 1.09 bits per heavy atom. The quantitative estimate of drug-likeness (QED) is 0.532. The van der Waals surface area contributed by atoms with Gasteiger partial charge in [0.15, 0.2) is 0 Å². The van der Waals surface area contributed by atoms with Crippen LogP contribution in [0.1, 0.15) is 83.9 Å². The molecule has 190 valence electrons. The van der Waals surface area contributed by atoms with E-state index in [0.29, 0.717) is 5.56 Å². The van der Waals surface area contributed by atoms with E-state index in [9.17, 15) is 19.5 Å². The molecule has 0 bridgehead atoms. The molecular weight excluding hydrogens is 434 g/mol. The van der Waals surface area contributed by atoms with E-state index >= 15 is 0 Å². The monoisotopic (exact) mass is 475 g/mol. The molecule has 2 rings (SSSR count). The summed E-state index contributed by atoms with van der Waals surface area (Å²) in [5, 5.41) is 15.5. The maximum Gasteiger partial charge on any atom is 0.408 e. The summed E-state index contributed by atoms with van der Waals surface area (Å²) >= 11 is 0. The minimum Gasteiger partial charge on any atom is -0.444 e. The second-order valence-corrected chi connectivity index (χ2v) is 10.4. The van der Waals surface area contributed by atoms with Crippen molar-refractivity contribution in [3.63, 3.8) is 0 Å². The van der Waals surface area contributed by atoms with Crippen molar-refractivity contribution in [3.05, 3.63) is 35.4 Å². The lowest BCUT2D eigenvalue weighted by Crippen LogP contribution is -2.56. The first-order valence-electron chi connectivity index (χ1n) is 12.2. The summed E-state index contributed by atoms with van der Waals surface area (Å²) in [5.74, 6) is -0.806. The first-order chi connectivity index (χ1) is 15.9. The molecule has 1 aliphatic carbocycles. The van der Waals surface area contributed by atoms with Crippen LogP contribution in [-0.4, -0.2) is 58.2 Å². The van der Waals surface area contributed by atoms with E-state index in [1.54, 1.807) is 20.8 Å². The van der Waals surface area contributed by atoms with Crippen LogP contribution in [0.3, 0.4) is 0 Å². The number of aliphatic hydroxyl groups is 1. The van der Waals surface area contributed by atoms with Crippen LogP contribution in [0.2, 0.25) is 0 Å². The van der Waals surface area contributed by atoms with Crippen molar-refractivity contribution in [2.24, 2.45) is 0 Å². The molecule has 2 atom stereocenters. The van der Waals surface area contributed by atoms with Crippen molar-refractivity contribution in [2.45, 2.75) is 103 Å². The van der Waals surface area contributed by atoms with Crippen molar-refractivity contribution in [3.8, 4) is 0 Å². The third-order valence-electron chi connectivity index (χ3n) is 5.85. The number of carbonyl (C=O) groups excluding carboxylic acids is 3. The molecule has 3 N–H and O–H groups in total. The van der Waals surface area contributed by atoms with Crippen LogP contribution < -0.4 is 10.6 Å². The van der Waals surface area contributed by atoms with Crippen LogP contribution >= 0.6 is 0 Å². The third-order valence-corrected chi connectivity index (χ3v) is 5.85. The number of hydrogen-bond acceptors (Lipinski definition) is 5. The smallest absolute Gasteiger partial charge is 0.408 e. The molecule has 8 heteroatoms. The Balaban J connectivity index is 2.35. The van der Waals surface area contributed by atoms with Gasteiger partial charge in [-0.05, 0) is 59.9 Å². The number of alkyl carbamates (subject to hydrolysis) is 1. The van der Waals surface area contributed by atoms with Gasteiger partial charge in [0.05, 0.1) is 6.61 Å². The maximum absolute atomic E-state index is 13.6. The number of rotatable bonds is 8. The molecule has 1 fully saturated rings. The zero-order chi connectivity index (χ0) is 25.5. The molecule has 0 aliphatic heterocycles. The standard InChI is InChI=1S/C26H41N3O5/c1-17(2)29(24(32)21(16-30)28-25(33)34-26(4,5)6)22(19-14-12-18(3)13-15-19)23(31)27-20-10-8-7-9-11-20/h12-15,17,20-22,30H,7-11,16H2,1-6H3,(H,27,31)(H,28,33). The van der Waals surface area contributed by atoms with Gasteiger partial charge in [0.25, 0.3) is 0 Å². The van der Waals surface area contributed by atoms with Crippen LogP contribution in [0.4, 0.5) is 4.79 Å². The minimum absolute atomic E-state index is 0.0758. The first kappa shape index (κ1) is 27.6. The maximum atomic E-state index is 13.6. The molecule has 0 spiro atoms. The van der Waals surface area contributed by atoms with Gasteiger partial charge in [-0.3, -0.25) is 9.59 Å². The average molecular weight is 476 g/mol. The number of hydrogen-bond donors (Lipinski definition) is 3. The molecule has 0 aromatic heterocycles. The van der Waals surface area contributed by atoms with E-state index < -0.39 is 36.3 Å². The van der Waals surface area contributed by atoms with E-state index in [0.717, 1.165) is 31.2 Å². The van der Waals surface area contributed by atoms with Crippen molar-refractivity contribution in [2.75, 3.05) is 6.61 Å². The van der Waals surface area contributed by atoms with Gasteiger partial charge in [-0.2, -0.15) is 0 Å². The molecule has 1 aromatic rings. The Morgan fingerprint density at radius 3 is 2.18 bits per heavy atom. The number of nitrogens with zero attached hydrogens (tertiary/aromatic N) is 1. The second kappa shape index (κ2) is 12.2. The number of aliphatic hydroxyl groups excluding tert-OH is 1. The van der Waals surface area contributed by atoms with Gasteiger partial charge in [-0.15, -0.1) is 0 Å². The highest BCUT2D eigenvalue weighted by atomic mass is 16.6. The summed E-state index contributed by atoms with van der Waals surface area (Å²) in [6.45, 7) is 10.1. The number of nitrogens with one attached hydrogen (secondary N) is 2. The summed E-state index contributed by atoms with van der Waals surface area (Å²) in [6.07, 6.45) is 4.34. The molecular formula is C26H41N3O5. The van der Waals surface area contributed by atoms with Crippen LogP contribution in [0.15, 0.2) is 24.3 Å². The number of amides is 3. The normalized spacial score (nSPS) is 16.5. The molecule has 0 radical (unpaired) electrons. The molecule has 34 heavy (non-hydrogen) atoms. The predicted octanol–water partition coefficient (Wildman–Crippen LogP) is 3.61. The molecule has 1 aliphatic rings. The van der Waals surface area contributed by atoms with E-state index in [1.807, 2.05) is 45.0 Å². The SMILES string of the molecule is Cc1ccc(C(C(=O)NC2CCCCC2)N(C(=O)C(CO)NC(=O)OC(C)(C)C)C(C)C)cc1. The highest BCUT2D eigenvalue weighted by Crippen LogP contribution is 2.27. The number of aryl methyl sites for hydroxylation is 1. The molecule has 2 unspecified atom stereocenters. The summed E-state index contributed by atoms with van der Waals surface area (Å²) in [7, 11) is 0. The van der Waals surface area contributed by atoms with Gasteiger partial charge in [-0.25, -0.2) is 4.79 Å². The van der Waals surface area contributed by atoms with Crippen molar-refractivity contribution >= 4 is 17.9 Å². The van der Waals surface area contributed by atoms with Crippen molar-refractivity contribution < 1.29 is 24.2 Å². The zero-order valence-corrected chi connectivity index (χ0v) is 21.4. The Bertz CT molecular complexity index is 826. The third kappa shape index (κ3) is 8.01. The van der Waals surface area contributed by atoms with Crippen LogP contribution in [-0.2, 0) is 14.3 Å². The molecule has 1 saturated carbocycles. The van der Waals surface area contributed by atoms with E-state index in [4.69, 9.17) is 4.74 Å². The van der Waals surface area contributed by atoms with Gasteiger partial charge in [0, 0.05) is 12.1 Å². The van der Waals surface area contributed by atoms with E-state index in [2.05, 4.69) is 10.6 Å². The van der Waals surface area contributed by atoms with Crippen molar-refractivity contribution in [1.29, 1.82) is 0 Å². The van der Waals surface area contributed by atoms with Crippen LogP contribution in [0.25, 0.3) is 0 Å². The van der Waals surface area contributed by atoms with Gasteiger partial charge in [0.1, 0.15) is 17.7 Å². The number of ether oxygens (including phenoxy) is 1. The summed E-state index contributed by atoms with van der Waals surface area (Å²) in [5.41, 5.74) is 0.960.